The fourth-order valence-corrected chi connectivity index (χ4v) is 2.47. The number of hydrogen-bond acceptors (Lipinski definition) is 6. The molecule has 0 saturated heterocycles. The number of Topliss-reactive ketones (excluding diaryl/α,β-unsaturated/α-hetero) is 1. The van der Waals surface area contributed by atoms with Gasteiger partial charge in [-0.1, -0.05) is 23.2 Å². The minimum Gasteiger partial charge on any atom is -0.513 e. The van der Waals surface area contributed by atoms with Crippen LogP contribution in [0.5, 0.6) is 0 Å². The Morgan fingerprint density at radius 3 is 2.29 bits per heavy atom. The predicted molar refractivity (Wildman–Crippen MR) is 104 cm³/mol. The van der Waals surface area contributed by atoms with Gasteiger partial charge in [0, 0.05) is 16.2 Å². The van der Waals surface area contributed by atoms with Gasteiger partial charge in [-0.05, 0) is 48.5 Å². The number of azo groups is 1. The molecule has 0 unspecified atom stereocenters. The van der Waals surface area contributed by atoms with Crippen molar-refractivity contribution in [2.75, 3.05) is 0 Å². The maximum Gasteiger partial charge on any atom is 0.237 e. The molecule has 0 aliphatic heterocycles. The zero-order valence-electron chi connectivity index (χ0n) is 14.1. The molecule has 0 radical (unpaired) electrons. The zero-order valence-corrected chi connectivity index (χ0v) is 15.6. The second-order valence-corrected chi connectivity index (χ2v) is 6.32. The predicted octanol–water partition coefficient (Wildman–Crippen LogP) is 5.42. The van der Waals surface area contributed by atoms with E-state index >= 15 is 0 Å². The van der Waals surface area contributed by atoms with Gasteiger partial charge in [0.2, 0.25) is 5.78 Å². The van der Waals surface area contributed by atoms with E-state index in [1.807, 2.05) is 6.07 Å². The van der Waals surface area contributed by atoms with Crippen LogP contribution in [0.25, 0.3) is 5.69 Å². The van der Waals surface area contributed by atoms with Crippen LogP contribution >= 0.6 is 23.2 Å². The Bertz CT molecular complexity index is 1110. The Labute approximate surface area is 169 Å². The van der Waals surface area contributed by atoms with Crippen molar-refractivity contribution >= 4 is 34.7 Å². The number of halogens is 2. The van der Waals surface area contributed by atoms with Gasteiger partial charge < -0.3 is 5.11 Å². The number of nitrogens with zero attached hydrogens (tertiary/aromatic N) is 5. The normalized spacial score (nSPS) is 11.5. The number of allylic oxidation sites excluding steroid dienone is 1. The van der Waals surface area contributed by atoms with Gasteiger partial charge in [-0.3, -0.25) is 4.79 Å². The number of hydrogen-bond donors (Lipinski definition) is 1. The van der Waals surface area contributed by atoms with E-state index in [-0.39, 0.29) is 17.0 Å². The van der Waals surface area contributed by atoms with Crippen molar-refractivity contribution in [3.05, 3.63) is 88.0 Å². The van der Waals surface area contributed by atoms with Gasteiger partial charge in [0.1, 0.15) is 17.9 Å². The first-order chi connectivity index (χ1) is 13.5. The quantitative estimate of drug-likeness (QED) is 0.262. The van der Waals surface area contributed by atoms with Gasteiger partial charge in [0.25, 0.3) is 0 Å². The average molecular weight is 412 g/mol. The number of carbonyl (C=O) groups excluding carboxylic acids is 1. The molecule has 0 fully saturated rings. The lowest BCUT2D eigenvalue weighted by Gasteiger charge is -2.00. The molecule has 1 heterocycles. The molecule has 0 atom stereocenters. The topological polar surface area (TPSA) is 104 Å². The zero-order chi connectivity index (χ0) is 20.1. The fraction of sp³-hybridized carbons (Fsp3) is 0. The van der Waals surface area contributed by atoms with Crippen molar-refractivity contribution in [3.63, 3.8) is 0 Å². The monoisotopic (exact) mass is 411 g/mol. The van der Waals surface area contributed by atoms with Crippen LogP contribution in [-0.4, -0.2) is 20.7 Å². The molecule has 0 amide bonds. The van der Waals surface area contributed by atoms with Crippen molar-refractivity contribution in [1.29, 1.82) is 5.26 Å². The van der Waals surface area contributed by atoms with E-state index in [1.165, 1.54) is 10.9 Å². The first-order valence-corrected chi connectivity index (χ1v) is 8.59. The Kier molecular flexibility index (Phi) is 5.84. The largest absolute Gasteiger partial charge is 0.513 e. The lowest BCUT2D eigenvalue weighted by atomic mass is 10.1. The van der Waals surface area contributed by atoms with E-state index in [2.05, 4.69) is 15.3 Å². The summed E-state index contributed by atoms with van der Waals surface area (Å²) in [6, 6.07) is 15.0. The van der Waals surface area contributed by atoms with Gasteiger partial charge in [-0.2, -0.15) is 15.5 Å². The van der Waals surface area contributed by atoms with Crippen LogP contribution < -0.4 is 0 Å². The lowest BCUT2D eigenvalue weighted by molar-refractivity contribution is 0.102. The molecule has 9 heteroatoms. The standard InChI is InChI=1S/C19H11Cl2N5O2/c20-13-1-5-15(6-2-13)23-24-17(11-27)19(28)18-12(9-22)10-26(25-18)16-7-3-14(21)4-8-16/h1-8,10-11,27H/b17-11-,24-23?. The summed E-state index contributed by atoms with van der Waals surface area (Å²) in [6.45, 7) is 0. The highest BCUT2D eigenvalue weighted by atomic mass is 35.5. The van der Waals surface area contributed by atoms with E-state index in [4.69, 9.17) is 23.2 Å². The van der Waals surface area contributed by atoms with Gasteiger partial charge in [-0.15, -0.1) is 5.11 Å². The number of aliphatic hydroxyl groups is 1. The summed E-state index contributed by atoms with van der Waals surface area (Å²) in [5, 5.41) is 31.6. The third kappa shape index (κ3) is 4.26. The number of benzene rings is 2. The molecule has 7 nitrogen and oxygen atoms in total. The lowest BCUT2D eigenvalue weighted by Crippen LogP contribution is -2.06. The first kappa shape index (κ1) is 19.3. The van der Waals surface area contributed by atoms with Gasteiger partial charge >= 0.3 is 0 Å². The van der Waals surface area contributed by atoms with Crippen LogP contribution in [0.3, 0.4) is 0 Å². The summed E-state index contributed by atoms with van der Waals surface area (Å²) in [4.78, 5) is 12.7. The Morgan fingerprint density at radius 1 is 1.11 bits per heavy atom. The number of ketones is 1. The summed E-state index contributed by atoms with van der Waals surface area (Å²) in [5.41, 5.74) is 0.544. The molecule has 1 N–H and O–H groups in total. The van der Waals surface area contributed by atoms with Crippen LogP contribution in [0.1, 0.15) is 16.1 Å². The van der Waals surface area contributed by atoms with Crippen molar-refractivity contribution in [3.8, 4) is 11.8 Å². The van der Waals surface area contributed by atoms with Crippen molar-refractivity contribution in [2.45, 2.75) is 0 Å². The minimum atomic E-state index is -0.746. The molecule has 3 aromatic rings. The highest BCUT2D eigenvalue weighted by molar-refractivity contribution is 6.30. The number of nitriles is 1. The average Bonchev–Trinajstić information content (AvgIpc) is 3.14. The summed E-state index contributed by atoms with van der Waals surface area (Å²) >= 11 is 11.7. The maximum absolute atomic E-state index is 12.7. The molecular formula is C19H11Cl2N5O2. The molecule has 0 spiro atoms. The summed E-state index contributed by atoms with van der Waals surface area (Å²) in [5.74, 6) is -0.746. The molecule has 0 aliphatic carbocycles. The molecule has 0 saturated carbocycles. The van der Waals surface area contributed by atoms with Crippen molar-refractivity contribution in [1.82, 2.24) is 9.78 Å². The molecule has 0 aliphatic rings. The number of carbonyl (C=O) groups is 1. The van der Waals surface area contributed by atoms with Gasteiger partial charge in [-0.25, -0.2) is 4.68 Å². The molecular weight excluding hydrogens is 401 g/mol. The summed E-state index contributed by atoms with van der Waals surface area (Å²) in [6.07, 6.45) is 1.92. The van der Waals surface area contributed by atoms with E-state index < -0.39 is 5.78 Å². The second kappa shape index (κ2) is 8.48. The third-order valence-electron chi connectivity index (χ3n) is 3.60. The second-order valence-electron chi connectivity index (χ2n) is 5.44. The highest BCUT2D eigenvalue weighted by Gasteiger charge is 2.21. The van der Waals surface area contributed by atoms with Crippen LogP contribution in [0.4, 0.5) is 5.69 Å². The molecule has 1 aromatic heterocycles. The van der Waals surface area contributed by atoms with Gasteiger partial charge in [0.15, 0.2) is 11.4 Å². The molecule has 2 aromatic carbocycles. The van der Waals surface area contributed by atoms with Gasteiger partial charge in [0.05, 0.1) is 11.4 Å². The van der Waals surface area contributed by atoms with E-state index in [0.717, 1.165) is 0 Å². The Hall–Kier alpha value is -3.47. The fourth-order valence-electron chi connectivity index (χ4n) is 2.22. The number of aromatic nitrogens is 2. The molecule has 138 valence electrons. The number of aliphatic hydroxyl groups excluding tert-OH is 1. The van der Waals surface area contributed by atoms with E-state index in [0.29, 0.717) is 27.7 Å². The summed E-state index contributed by atoms with van der Waals surface area (Å²) in [7, 11) is 0. The van der Waals surface area contributed by atoms with Crippen molar-refractivity contribution in [2.24, 2.45) is 10.2 Å². The molecule has 0 bridgehead atoms. The Balaban J connectivity index is 1.90. The molecule has 3 rings (SSSR count). The first-order valence-electron chi connectivity index (χ1n) is 7.84. The van der Waals surface area contributed by atoms with Crippen LogP contribution in [0, 0.1) is 11.3 Å². The van der Waals surface area contributed by atoms with E-state index in [1.54, 1.807) is 48.5 Å². The van der Waals surface area contributed by atoms with Crippen molar-refractivity contribution < 1.29 is 9.90 Å². The third-order valence-corrected chi connectivity index (χ3v) is 4.10. The Morgan fingerprint density at radius 2 is 1.71 bits per heavy atom. The van der Waals surface area contributed by atoms with Crippen LogP contribution in [-0.2, 0) is 0 Å². The highest BCUT2D eigenvalue weighted by Crippen LogP contribution is 2.20. The summed E-state index contributed by atoms with van der Waals surface area (Å²) < 4.78 is 1.37. The van der Waals surface area contributed by atoms with Crippen LogP contribution in [0.15, 0.2) is 76.9 Å². The minimum absolute atomic E-state index is 0.0287. The molecule has 28 heavy (non-hydrogen) atoms. The smallest absolute Gasteiger partial charge is 0.237 e. The van der Waals surface area contributed by atoms with E-state index in [9.17, 15) is 15.2 Å². The number of rotatable bonds is 5. The SMILES string of the molecule is N#Cc1cn(-c2ccc(Cl)cc2)nc1C(=O)/C(=C/O)N=Nc1ccc(Cl)cc1. The maximum atomic E-state index is 12.7. The van der Waals surface area contributed by atoms with Crippen LogP contribution in [0.2, 0.25) is 10.0 Å².